The van der Waals surface area contributed by atoms with Gasteiger partial charge in [0.2, 0.25) is 0 Å². The second-order valence-electron chi connectivity index (χ2n) is 3.36. The average molecular weight is 237 g/mol. The van der Waals surface area contributed by atoms with Crippen LogP contribution in [0.5, 0.6) is 0 Å². The van der Waals surface area contributed by atoms with Crippen molar-refractivity contribution in [2.45, 2.75) is 6.92 Å². The van der Waals surface area contributed by atoms with E-state index in [1.54, 1.807) is 6.92 Å². The molecule has 1 aromatic carbocycles. The molecular weight excluding hydrogens is 229 g/mol. The lowest BCUT2D eigenvalue weighted by Gasteiger charge is -2.04. The Morgan fingerprint density at radius 3 is 2.76 bits per heavy atom. The number of halogens is 1. The number of aromatic nitrogens is 3. The largest absolute Gasteiger partial charge is 0.381 e. The third kappa shape index (κ3) is 1.80. The summed E-state index contributed by atoms with van der Waals surface area (Å²) < 4.78 is 14.3. The molecule has 8 heteroatoms. The van der Waals surface area contributed by atoms with Crippen molar-refractivity contribution in [2.75, 3.05) is 5.73 Å². The first-order valence-electron chi connectivity index (χ1n) is 4.63. The van der Waals surface area contributed by atoms with E-state index in [-0.39, 0.29) is 17.2 Å². The van der Waals surface area contributed by atoms with Crippen LogP contribution in [-0.4, -0.2) is 19.9 Å². The van der Waals surface area contributed by atoms with Crippen molar-refractivity contribution >= 4 is 11.5 Å². The molecule has 7 nitrogen and oxygen atoms in total. The summed E-state index contributed by atoms with van der Waals surface area (Å²) in [6.07, 6.45) is 0. The van der Waals surface area contributed by atoms with Gasteiger partial charge in [-0.05, 0) is 13.0 Å². The summed E-state index contributed by atoms with van der Waals surface area (Å²) in [4.78, 5) is 10.2. The van der Waals surface area contributed by atoms with E-state index in [0.29, 0.717) is 5.69 Å². The van der Waals surface area contributed by atoms with Gasteiger partial charge < -0.3 is 5.73 Å². The molecule has 2 rings (SSSR count). The molecule has 0 fully saturated rings. The molecule has 1 heterocycles. The summed E-state index contributed by atoms with van der Waals surface area (Å²) >= 11 is 0. The van der Waals surface area contributed by atoms with Crippen molar-refractivity contribution in [1.29, 1.82) is 0 Å². The number of hydrogen-bond donors (Lipinski definition) is 1. The van der Waals surface area contributed by atoms with Crippen molar-refractivity contribution in [3.8, 4) is 5.69 Å². The fourth-order valence-corrected chi connectivity index (χ4v) is 1.39. The van der Waals surface area contributed by atoms with Gasteiger partial charge in [-0.25, -0.2) is 9.07 Å². The summed E-state index contributed by atoms with van der Waals surface area (Å²) in [5.74, 6) is -0.456. The molecule has 0 amide bonds. The molecule has 88 valence electrons. The van der Waals surface area contributed by atoms with Crippen LogP contribution in [0.3, 0.4) is 0 Å². The van der Waals surface area contributed by atoms with E-state index in [9.17, 15) is 14.5 Å². The van der Waals surface area contributed by atoms with Gasteiger partial charge in [0.05, 0.1) is 10.6 Å². The molecule has 0 unspecified atom stereocenters. The van der Waals surface area contributed by atoms with Gasteiger partial charge in [-0.3, -0.25) is 10.1 Å². The zero-order chi connectivity index (χ0) is 12.6. The highest BCUT2D eigenvalue weighted by molar-refractivity contribution is 5.54. The topological polar surface area (TPSA) is 99.9 Å². The number of nitrogens with two attached hydrogens (primary N) is 1. The minimum atomic E-state index is -0.619. The van der Waals surface area contributed by atoms with Crippen LogP contribution in [-0.2, 0) is 0 Å². The molecule has 0 radical (unpaired) electrons. The predicted octanol–water partition coefficient (Wildman–Crippen LogP) is 1.21. The fourth-order valence-electron chi connectivity index (χ4n) is 1.39. The first kappa shape index (κ1) is 11.0. The third-order valence-corrected chi connectivity index (χ3v) is 2.29. The molecule has 0 aliphatic carbocycles. The minimum Gasteiger partial charge on any atom is -0.381 e. The Bertz CT molecular complexity index is 595. The Hall–Kier alpha value is -2.51. The van der Waals surface area contributed by atoms with E-state index in [0.717, 1.165) is 22.9 Å². The lowest BCUT2D eigenvalue weighted by molar-refractivity contribution is -0.384. The molecule has 0 spiro atoms. The molecule has 17 heavy (non-hydrogen) atoms. The van der Waals surface area contributed by atoms with Gasteiger partial charge >= 0.3 is 0 Å². The van der Waals surface area contributed by atoms with E-state index < -0.39 is 10.7 Å². The Morgan fingerprint density at radius 2 is 2.24 bits per heavy atom. The van der Waals surface area contributed by atoms with Crippen molar-refractivity contribution < 1.29 is 9.31 Å². The molecule has 0 atom stereocenters. The quantitative estimate of drug-likeness (QED) is 0.624. The Labute approximate surface area is 94.8 Å². The lowest BCUT2D eigenvalue weighted by atomic mass is 10.2. The first-order valence-corrected chi connectivity index (χ1v) is 4.63. The summed E-state index contributed by atoms with van der Waals surface area (Å²) in [6, 6.07) is 3.10. The minimum absolute atomic E-state index is 0.00306. The molecular formula is C9H8FN5O2. The van der Waals surface area contributed by atoms with Gasteiger partial charge in [-0.1, -0.05) is 5.21 Å². The molecule has 2 aromatic rings. The van der Waals surface area contributed by atoms with Crippen LogP contribution in [0.4, 0.5) is 15.9 Å². The first-order chi connectivity index (χ1) is 8.00. The molecule has 0 aliphatic rings. The SMILES string of the molecule is Cc1c(N)nnn1-c1cc(F)ccc1[N+](=O)[O-]. The molecule has 0 saturated carbocycles. The predicted molar refractivity (Wildman–Crippen MR) is 57.1 cm³/mol. The van der Waals surface area contributed by atoms with Gasteiger partial charge in [0, 0.05) is 12.1 Å². The molecule has 0 bridgehead atoms. The molecule has 2 N–H and O–H groups in total. The monoisotopic (exact) mass is 237 g/mol. The zero-order valence-electron chi connectivity index (χ0n) is 8.79. The maximum atomic E-state index is 13.1. The number of nitrogen functional groups attached to an aromatic ring is 1. The van der Waals surface area contributed by atoms with Crippen LogP contribution in [0.2, 0.25) is 0 Å². The van der Waals surface area contributed by atoms with Gasteiger partial charge in [-0.2, -0.15) is 0 Å². The van der Waals surface area contributed by atoms with Crippen LogP contribution in [0.25, 0.3) is 5.69 Å². The molecule has 0 saturated heterocycles. The number of nitro groups is 1. The van der Waals surface area contributed by atoms with Crippen molar-refractivity contribution in [2.24, 2.45) is 0 Å². The van der Waals surface area contributed by atoms with Crippen molar-refractivity contribution in [1.82, 2.24) is 15.0 Å². The second-order valence-corrected chi connectivity index (χ2v) is 3.36. The van der Waals surface area contributed by atoms with Gasteiger partial charge in [0.15, 0.2) is 5.82 Å². The Balaban J connectivity index is 2.69. The van der Waals surface area contributed by atoms with Gasteiger partial charge in [0.25, 0.3) is 5.69 Å². The smallest absolute Gasteiger partial charge is 0.295 e. The van der Waals surface area contributed by atoms with E-state index in [2.05, 4.69) is 10.3 Å². The maximum absolute atomic E-state index is 13.1. The molecule has 0 aliphatic heterocycles. The summed E-state index contributed by atoms with van der Waals surface area (Å²) in [7, 11) is 0. The van der Waals surface area contributed by atoms with Crippen LogP contribution in [0, 0.1) is 22.9 Å². The number of rotatable bonds is 2. The Kier molecular flexibility index (Phi) is 2.47. The summed E-state index contributed by atoms with van der Waals surface area (Å²) in [5.41, 5.74) is 5.63. The number of benzene rings is 1. The van der Waals surface area contributed by atoms with Crippen LogP contribution >= 0.6 is 0 Å². The lowest BCUT2D eigenvalue weighted by Crippen LogP contribution is -2.04. The fraction of sp³-hybridized carbons (Fsp3) is 0.111. The van der Waals surface area contributed by atoms with E-state index in [4.69, 9.17) is 5.73 Å². The van der Waals surface area contributed by atoms with E-state index in [1.165, 1.54) is 0 Å². The summed E-state index contributed by atoms with van der Waals surface area (Å²) in [6.45, 7) is 1.59. The van der Waals surface area contributed by atoms with Crippen LogP contribution in [0.1, 0.15) is 5.69 Å². The summed E-state index contributed by atoms with van der Waals surface area (Å²) in [5, 5.41) is 18.0. The average Bonchev–Trinajstić information content (AvgIpc) is 2.59. The number of nitro benzene ring substituents is 1. The standard InChI is InChI=1S/C9H8FN5O2/c1-5-9(11)12-13-14(5)8-4-6(10)2-3-7(8)15(16)17/h2-4H,11H2,1H3. The van der Waals surface area contributed by atoms with Gasteiger partial charge in [-0.15, -0.1) is 5.10 Å². The normalized spacial score (nSPS) is 10.5. The number of anilines is 1. The van der Waals surface area contributed by atoms with Crippen molar-refractivity contribution in [3.05, 3.63) is 39.8 Å². The maximum Gasteiger partial charge on any atom is 0.295 e. The van der Waals surface area contributed by atoms with Gasteiger partial charge in [0.1, 0.15) is 11.5 Å². The van der Waals surface area contributed by atoms with E-state index in [1.807, 2.05) is 0 Å². The van der Waals surface area contributed by atoms with Crippen LogP contribution in [0.15, 0.2) is 18.2 Å². The molecule has 1 aromatic heterocycles. The number of hydrogen-bond acceptors (Lipinski definition) is 5. The Morgan fingerprint density at radius 1 is 1.53 bits per heavy atom. The highest BCUT2D eigenvalue weighted by Gasteiger charge is 2.19. The second kappa shape index (κ2) is 3.81. The number of nitrogens with zero attached hydrogens (tertiary/aromatic N) is 4. The highest BCUT2D eigenvalue weighted by Crippen LogP contribution is 2.25. The van der Waals surface area contributed by atoms with Crippen molar-refractivity contribution in [3.63, 3.8) is 0 Å². The third-order valence-electron chi connectivity index (χ3n) is 2.29. The van der Waals surface area contributed by atoms with Crippen LogP contribution < -0.4 is 5.73 Å². The van der Waals surface area contributed by atoms with E-state index >= 15 is 0 Å². The zero-order valence-corrected chi connectivity index (χ0v) is 8.79. The highest BCUT2D eigenvalue weighted by atomic mass is 19.1.